The van der Waals surface area contributed by atoms with E-state index in [0.29, 0.717) is 16.0 Å². The Morgan fingerprint density at radius 2 is 2.00 bits per heavy atom. The Hall–Kier alpha value is -1.00. The van der Waals surface area contributed by atoms with Crippen LogP contribution in [0.3, 0.4) is 0 Å². The van der Waals surface area contributed by atoms with E-state index in [-0.39, 0.29) is 5.56 Å². The molecule has 1 N–H and O–H groups in total. The summed E-state index contributed by atoms with van der Waals surface area (Å²) in [7, 11) is 0. The number of nitrogens with zero attached hydrogens (tertiary/aromatic N) is 1. The van der Waals surface area contributed by atoms with Crippen LogP contribution in [0.4, 0.5) is 0 Å². The van der Waals surface area contributed by atoms with Gasteiger partial charge in [-0.2, -0.15) is 0 Å². The predicted molar refractivity (Wildman–Crippen MR) is 77.3 cm³/mol. The fraction of sp³-hybridized carbons (Fsp3) is 0.308. The fourth-order valence-electron chi connectivity index (χ4n) is 1.81. The van der Waals surface area contributed by atoms with Crippen molar-refractivity contribution in [3.05, 3.63) is 55.4 Å². The van der Waals surface area contributed by atoms with Crippen molar-refractivity contribution in [1.82, 2.24) is 9.78 Å². The Labute approximate surface area is 119 Å². The van der Waals surface area contributed by atoms with Gasteiger partial charge in [0.25, 0.3) is 5.56 Å². The number of benzene rings is 1. The van der Waals surface area contributed by atoms with E-state index in [4.69, 9.17) is 11.6 Å². The molecule has 0 radical (unpaired) electrons. The zero-order valence-electron chi connectivity index (χ0n) is 10.0. The third-order valence-electron chi connectivity index (χ3n) is 2.72. The van der Waals surface area contributed by atoms with Gasteiger partial charge in [0.1, 0.15) is 4.47 Å². The van der Waals surface area contributed by atoms with Crippen molar-refractivity contribution < 1.29 is 0 Å². The molecule has 0 amide bonds. The van der Waals surface area contributed by atoms with Gasteiger partial charge in [-0.25, -0.2) is 4.68 Å². The van der Waals surface area contributed by atoms with Crippen LogP contribution in [-0.2, 0) is 13.0 Å². The SMILES string of the molecule is CCCc1[nH]n(Cc2ccc(Cl)cc2)c(=O)c1Br. The van der Waals surface area contributed by atoms with Crippen LogP contribution in [0.15, 0.2) is 33.5 Å². The lowest BCUT2D eigenvalue weighted by Crippen LogP contribution is -2.17. The molecule has 0 aliphatic carbocycles. The summed E-state index contributed by atoms with van der Waals surface area (Å²) in [6, 6.07) is 7.49. The van der Waals surface area contributed by atoms with E-state index in [0.717, 1.165) is 24.1 Å². The lowest BCUT2D eigenvalue weighted by atomic mass is 10.2. The first-order valence-electron chi connectivity index (χ1n) is 5.83. The molecule has 1 aromatic carbocycles. The summed E-state index contributed by atoms with van der Waals surface area (Å²) in [4.78, 5) is 12.0. The maximum absolute atomic E-state index is 12.0. The molecule has 1 aromatic heterocycles. The summed E-state index contributed by atoms with van der Waals surface area (Å²) >= 11 is 9.17. The second kappa shape index (κ2) is 5.76. The number of hydrogen-bond donors (Lipinski definition) is 1. The van der Waals surface area contributed by atoms with Crippen molar-refractivity contribution in [1.29, 1.82) is 0 Å². The standard InChI is InChI=1S/C13H14BrClN2O/c1-2-3-11-12(14)13(18)17(16-11)8-9-4-6-10(15)7-5-9/h4-7,16H,2-3,8H2,1H3. The topological polar surface area (TPSA) is 37.8 Å². The van der Waals surface area contributed by atoms with Crippen molar-refractivity contribution in [2.75, 3.05) is 0 Å². The van der Waals surface area contributed by atoms with Gasteiger partial charge in [-0.3, -0.25) is 9.89 Å². The van der Waals surface area contributed by atoms with Crippen LogP contribution in [0.5, 0.6) is 0 Å². The highest BCUT2D eigenvalue weighted by Crippen LogP contribution is 2.13. The molecule has 0 aliphatic heterocycles. The molecular weight excluding hydrogens is 316 g/mol. The normalized spacial score (nSPS) is 10.8. The Morgan fingerprint density at radius 3 is 2.61 bits per heavy atom. The van der Waals surface area contributed by atoms with E-state index in [2.05, 4.69) is 28.0 Å². The summed E-state index contributed by atoms with van der Waals surface area (Å²) in [6.07, 6.45) is 1.86. The summed E-state index contributed by atoms with van der Waals surface area (Å²) in [5.41, 5.74) is 1.98. The molecule has 1 heterocycles. The number of aromatic nitrogens is 2. The molecule has 0 spiro atoms. The molecule has 0 aliphatic rings. The van der Waals surface area contributed by atoms with E-state index in [1.165, 1.54) is 0 Å². The van der Waals surface area contributed by atoms with Gasteiger partial charge in [0.05, 0.1) is 12.2 Å². The van der Waals surface area contributed by atoms with Gasteiger partial charge in [0, 0.05) is 5.02 Å². The van der Waals surface area contributed by atoms with Gasteiger partial charge in [-0.1, -0.05) is 37.1 Å². The number of aromatic amines is 1. The summed E-state index contributed by atoms with van der Waals surface area (Å²) in [6.45, 7) is 2.61. The van der Waals surface area contributed by atoms with E-state index in [9.17, 15) is 4.79 Å². The smallest absolute Gasteiger partial charge is 0.281 e. The Kier molecular flexibility index (Phi) is 4.30. The lowest BCUT2D eigenvalue weighted by molar-refractivity contribution is 0.648. The molecule has 0 atom stereocenters. The number of hydrogen-bond acceptors (Lipinski definition) is 1. The number of H-pyrrole nitrogens is 1. The van der Waals surface area contributed by atoms with Gasteiger partial charge in [0.2, 0.25) is 0 Å². The molecule has 5 heteroatoms. The van der Waals surface area contributed by atoms with Crippen molar-refractivity contribution in [2.45, 2.75) is 26.3 Å². The Morgan fingerprint density at radius 1 is 1.33 bits per heavy atom. The summed E-state index contributed by atoms with van der Waals surface area (Å²) in [5, 5.41) is 3.84. The zero-order chi connectivity index (χ0) is 13.1. The van der Waals surface area contributed by atoms with Crippen LogP contribution in [0.25, 0.3) is 0 Å². The number of nitrogens with one attached hydrogen (secondary N) is 1. The largest absolute Gasteiger partial charge is 0.298 e. The van der Waals surface area contributed by atoms with Crippen molar-refractivity contribution in [3.63, 3.8) is 0 Å². The molecule has 0 fully saturated rings. The van der Waals surface area contributed by atoms with E-state index < -0.39 is 0 Å². The molecule has 0 saturated carbocycles. The number of aryl methyl sites for hydroxylation is 1. The highest BCUT2D eigenvalue weighted by atomic mass is 79.9. The minimum atomic E-state index is -0.0200. The van der Waals surface area contributed by atoms with Crippen LogP contribution in [0, 0.1) is 0 Å². The van der Waals surface area contributed by atoms with Gasteiger partial charge in [-0.15, -0.1) is 0 Å². The van der Waals surface area contributed by atoms with Gasteiger partial charge >= 0.3 is 0 Å². The average Bonchev–Trinajstić information content (AvgIpc) is 2.61. The quantitative estimate of drug-likeness (QED) is 0.914. The zero-order valence-corrected chi connectivity index (χ0v) is 12.4. The maximum Gasteiger partial charge on any atom is 0.281 e. The van der Waals surface area contributed by atoms with Crippen molar-refractivity contribution >= 4 is 27.5 Å². The van der Waals surface area contributed by atoms with Gasteiger partial charge in [-0.05, 0) is 40.0 Å². The fourth-order valence-corrected chi connectivity index (χ4v) is 2.44. The molecule has 0 unspecified atom stereocenters. The minimum Gasteiger partial charge on any atom is -0.298 e. The van der Waals surface area contributed by atoms with E-state index >= 15 is 0 Å². The third-order valence-corrected chi connectivity index (χ3v) is 3.79. The summed E-state index contributed by atoms with van der Waals surface area (Å²) < 4.78 is 2.25. The van der Waals surface area contributed by atoms with E-state index in [1.54, 1.807) is 4.68 Å². The van der Waals surface area contributed by atoms with Gasteiger partial charge in [0.15, 0.2) is 0 Å². The molecule has 2 aromatic rings. The lowest BCUT2D eigenvalue weighted by Gasteiger charge is -2.02. The number of halogens is 2. The Balaban J connectivity index is 2.26. The molecule has 0 bridgehead atoms. The molecule has 96 valence electrons. The number of rotatable bonds is 4. The first-order valence-corrected chi connectivity index (χ1v) is 7.00. The third kappa shape index (κ3) is 2.87. The molecule has 2 rings (SSSR count). The summed E-state index contributed by atoms with van der Waals surface area (Å²) in [5.74, 6) is 0. The van der Waals surface area contributed by atoms with Crippen LogP contribution >= 0.6 is 27.5 Å². The maximum atomic E-state index is 12.0. The molecule has 0 saturated heterocycles. The minimum absolute atomic E-state index is 0.0200. The monoisotopic (exact) mass is 328 g/mol. The van der Waals surface area contributed by atoms with Crippen LogP contribution in [0.1, 0.15) is 24.6 Å². The first kappa shape index (κ1) is 13.4. The van der Waals surface area contributed by atoms with Crippen molar-refractivity contribution in [2.24, 2.45) is 0 Å². The highest BCUT2D eigenvalue weighted by molar-refractivity contribution is 9.10. The van der Waals surface area contributed by atoms with Crippen LogP contribution in [0.2, 0.25) is 5.02 Å². The predicted octanol–water partition coefficient (Wildman–Crippen LogP) is 3.59. The molecule has 3 nitrogen and oxygen atoms in total. The van der Waals surface area contributed by atoms with Crippen molar-refractivity contribution in [3.8, 4) is 0 Å². The molecule has 18 heavy (non-hydrogen) atoms. The van der Waals surface area contributed by atoms with Crippen LogP contribution < -0.4 is 5.56 Å². The van der Waals surface area contributed by atoms with Gasteiger partial charge < -0.3 is 0 Å². The first-order chi connectivity index (χ1) is 8.61. The average molecular weight is 330 g/mol. The second-order valence-corrected chi connectivity index (χ2v) is 5.40. The second-order valence-electron chi connectivity index (χ2n) is 4.17. The molecular formula is C13H14BrClN2O. The van der Waals surface area contributed by atoms with Crippen LogP contribution in [-0.4, -0.2) is 9.78 Å². The Bertz CT molecular complexity index is 586. The highest BCUT2D eigenvalue weighted by Gasteiger charge is 2.10. The van der Waals surface area contributed by atoms with E-state index in [1.807, 2.05) is 24.3 Å².